The Morgan fingerprint density at radius 3 is 2.71 bits per heavy atom. The van der Waals surface area contributed by atoms with Gasteiger partial charge in [0, 0.05) is 24.8 Å². The fraction of sp³-hybridized carbons (Fsp3) is 0.667. The van der Waals surface area contributed by atoms with E-state index in [-0.39, 0.29) is 6.10 Å². The largest absolute Gasteiger partial charge is 0.475 e. The quantitative estimate of drug-likeness (QED) is 0.706. The van der Waals surface area contributed by atoms with Crippen LogP contribution in [0.4, 0.5) is 5.95 Å². The molecule has 0 saturated carbocycles. The Balaban J connectivity index is 2.56. The summed E-state index contributed by atoms with van der Waals surface area (Å²) in [5, 5.41) is 6.40. The first-order chi connectivity index (χ1) is 8.11. The van der Waals surface area contributed by atoms with E-state index >= 15 is 0 Å². The van der Waals surface area contributed by atoms with Gasteiger partial charge in [-0.15, -0.1) is 0 Å². The van der Waals surface area contributed by atoms with Crippen molar-refractivity contribution in [2.45, 2.75) is 33.8 Å². The molecule has 0 aliphatic rings. The van der Waals surface area contributed by atoms with Crippen LogP contribution >= 0.6 is 0 Å². The van der Waals surface area contributed by atoms with Gasteiger partial charge in [0.15, 0.2) is 0 Å². The van der Waals surface area contributed by atoms with Gasteiger partial charge in [-0.05, 0) is 27.3 Å². The highest BCUT2D eigenvalue weighted by molar-refractivity contribution is 5.30. The van der Waals surface area contributed by atoms with E-state index in [1.54, 1.807) is 0 Å². The maximum absolute atomic E-state index is 5.56. The molecule has 5 heteroatoms. The second-order valence-electron chi connectivity index (χ2n) is 4.12. The molecule has 0 radical (unpaired) electrons. The molecule has 2 N–H and O–H groups in total. The summed E-state index contributed by atoms with van der Waals surface area (Å²) in [6.07, 6.45) is 0.124. The van der Waals surface area contributed by atoms with Gasteiger partial charge in [-0.1, -0.05) is 6.92 Å². The van der Waals surface area contributed by atoms with Crippen molar-refractivity contribution in [2.75, 3.05) is 25.0 Å². The van der Waals surface area contributed by atoms with Gasteiger partial charge >= 0.3 is 0 Å². The van der Waals surface area contributed by atoms with Gasteiger partial charge in [0.1, 0.15) is 0 Å². The third kappa shape index (κ3) is 5.49. The van der Waals surface area contributed by atoms with E-state index in [4.69, 9.17) is 4.74 Å². The Hall–Kier alpha value is -1.36. The van der Waals surface area contributed by atoms with E-state index in [1.165, 1.54) is 0 Å². The molecule has 0 aliphatic carbocycles. The van der Waals surface area contributed by atoms with Crippen LogP contribution in [0.25, 0.3) is 0 Å². The number of rotatable bonds is 7. The lowest BCUT2D eigenvalue weighted by Crippen LogP contribution is -2.22. The normalized spacial score (nSPS) is 10.6. The summed E-state index contributed by atoms with van der Waals surface area (Å²) >= 11 is 0. The van der Waals surface area contributed by atoms with Crippen LogP contribution in [0.5, 0.6) is 5.88 Å². The molecule has 0 spiro atoms. The van der Waals surface area contributed by atoms with Crippen molar-refractivity contribution < 1.29 is 4.74 Å². The summed E-state index contributed by atoms with van der Waals surface area (Å²) in [4.78, 5) is 8.61. The Morgan fingerprint density at radius 2 is 2.06 bits per heavy atom. The zero-order chi connectivity index (χ0) is 12.7. The van der Waals surface area contributed by atoms with Crippen molar-refractivity contribution in [1.82, 2.24) is 15.3 Å². The standard InChI is InChI=1S/C12H22N4O/c1-5-13-6-7-14-12-15-10(4)8-11(16-12)17-9(2)3/h8-9,13H,5-7H2,1-4H3,(H,14,15,16). The monoisotopic (exact) mass is 238 g/mol. The van der Waals surface area contributed by atoms with Crippen LogP contribution in [0.3, 0.4) is 0 Å². The maximum Gasteiger partial charge on any atom is 0.226 e. The van der Waals surface area contributed by atoms with Crippen molar-refractivity contribution in [3.8, 4) is 5.88 Å². The van der Waals surface area contributed by atoms with Crippen LogP contribution in [0.15, 0.2) is 6.07 Å². The first kappa shape index (κ1) is 13.7. The fourth-order valence-electron chi connectivity index (χ4n) is 1.36. The third-order valence-electron chi connectivity index (χ3n) is 2.02. The lowest BCUT2D eigenvalue weighted by molar-refractivity contribution is 0.232. The third-order valence-corrected chi connectivity index (χ3v) is 2.02. The van der Waals surface area contributed by atoms with Crippen LogP contribution < -0.4 is 15.4 Å². The van der Waals surface area contributed by atoms with Crippen LogP contribution in [-0.2, 0) is 0 Å². The van der Waals surface area contributed by atoms with E-state index < -0.39 is 0 Å². The highest BCUT2D eigenvalue weighted by atomic mass is 16.5. The van der Waals surface area contributed by atoms with Crippen LogP contribution in [-0.4, -0.2) is 35.7 Å². The number of likely N-dealkylation sites (N-methyl/N-ethyl adjacent to an activating group) is 1. The summed E-state index contributed by atoms with van der Waals surface area (Å²) in [5.74, 6) is 1.25. The molecular formula is C12H22N4O. The maximum atomic E-state index is 5.56. The molecule has 0 aliphatic heterocycles. The van der Waals surface area contributed by atoms with Crippen molar-refractivity contribution in [3.05, 3.63) is 11.8 Å². The molecule has 0 fully saturated rings. The molecule has 0 aromatic carbocycles. The summed E-state index contributed by atoms with van der Waals surface area (Å²) in [5.41, 5.74) is 0.904. The van der Waals surface area contributed by atoms with Crippen LogP contribution in [0, 0.1) is 6.92 Å². The van der Waals surface area contributed by atoms with Crippen LogP contribution in [0.2, 0.25) is 0 Å². The Labute approximate surface area is 103 Å². The van der Waals surface area contributed by atoms with Crippen molar-refractivity contribution in [1.29, 1.82) is 0 Å². The predicted octanol–water partition coefficient (Wildman–Crippen LogP) is 1.59. The minimum absolute atomic E-state index is 0.124. The molecule has 1 aromatic heterocycles. The highest BCUT2D eigenvalue weighted by Gasteiger charge is 2.04. The van der Waals surface area contributed by atoms with Gasteiger partial charge in [-0.2, -0.15) is 4.98 Å². The average Bonchev–Trinajstić information content (AvgIpc) is 2.22. The number of aromatic nitrogens is 2. The van der Waals surface area contributed by atoms with E-state index in [9.17, 15) is 0 Å². The summed E-state index contributed by atoms with van der Waals surface area (Å²) in [6, 6.07) is 1.84. The van der Waals surface area contributed by atoms with Gasteiger partial charge < -0.3 is 15.4 Å². The van der Waals surface area contributed by atoms with Crippen molar-refractivity contribution in [2.24, 2.45) is 0 Å². The van der Waals surface area contributed by atoms with E-state index in [2.05, 4.69) is 27.5 Å². The first-order valence-electron chi connectivity index (χ1n) is 6.08. The molecule has 0 bridgehead atoms. The Kier molecular flexibility index (Phi) is 5.69. The van der Waals surface area contributed by atoms with E-state index in [0.717, 1.165) is 25.3 Å². The zero-order valence-corrected chi connectivity index (χ0v) is 11.1. The molecule has 0 atom stereocenters. The molecule has 1 aromatic rings. The number of hydrogen-bond donors (Lipinski definition) is 2. The molecule has 0 amide bonds. The molecular weight excluding hydrogens is 216 g/mol. The Bertz CT molecular complexity index is 341. The van der Waals surface area contributed by atoms with Gasteiger partial charge in [-0.25, -0.2) is 4.98 Å². The predicted molar refractivity (Wildman–Crippen MR) is 69.6 cm³/mol. The van der Waals surface area contributed by atoms with E-state index in [1.807, 2.05) is 26.8 Å². The summed E-state index contributed by atoms with van der Waals surface area (Å²) < 4.78 is 5.56. The second kappa shape index (κ2) is 7.06. The lowest BCUT2D eigenvalue weighted by Gasteiger charge is -2.11. The molecule has 0 unspecified atom stereocenters. The number of ether oxygens (including phenoxy) is 1. The second-order valence-corrected chi connectivity index (χ2v) is 4.12. The van der Waals surface area contributed by atoms with Crippen molar-refractivity contribution >= 4 is 5.95 Å². The number of nitrogens with one attached hydrogen (secondary N) is 2. The SMILES string of the molecule is CCNCCNc1nc(C)cc(OC(C)C)n1. The minimum Gasteiger partial charge on any atom is -0.475 e. The number of anilines is 1. The fourth-order valence-corrected chi connectivity index (χ4v) is 1.36. The first-order valence-corrected chi connectivity index (χ1v) is 6.08. The lowest BCUT2D eigenvalue weighted by atomic mass is 10.4. The molecule has 96 valence electrons. The molecule has 5 nitrogen and oxygen atoms in total. The number of hydrogen-bond acceptors (Lipinski definition) is 5. The topological polar surface area (TPSA) is 59.1 Å². The number of aryl methyl sites for hydroxylation is 1. The van der Waals surface area contributed by atoms with Gasteiger partial charge in [0.05, 0.1) is 6.10 Å². The average molecular weight is 238 g/mol. The molecule has 1 heterocycles. The molecule has 17 heavy (non-hydrogen) atoms. The Morgan fingerprint density at radius 1 is 1.29 bits per heavy atom. The van der Waals surface area contributed by atoms with Gasteiger partial charge in [0.2, 0.25) is 11.8 Å². The molecule has 0 saturated heterocycles. The minimum atomic E-state index is 0.124. The van der Waals surface area contributed by atoms with E-state index in [0.29, 0.717) is 11.8 Å². The van der Waals surface area contributed by atoms with Crippen molar-refractivity contribution in [3.63, 3.8) is 0 Å². The zero-order valence-electron chi connectivity index (χ0n) is 11.1. The number of nitrogens with zero attached hydrogens (tertiary/aromatic N) is 2. The van der Waals surface area contributed by atoms with Crippen LogP contribution in [0.1, 0.15) is 26.5 Å². The summed E-state index contributed by atoms with van der Waals surface area (Å²) in [7, 11) is 0. The molecule has 1 rings (SSSR count). The summed E-state index contributed by atoms with van der Waals surface area (Å²) in [6.45, 7) is 10.7. The van der Waals surface area contributed by atoms with Gasteiger partial charge in [0.25, 0.3) is 0 Å². The van der Waals surface area contributed by atoms with Gasteiger partial charge in [-0.3, -0.25) is 0 Å². The highest BCUT2D eigenvalue weighted by Crippen LogP contribution is 2.13. The smallest absolute Gasteiger partial charge is 0.226 e.